The summed E-state index contributed by atoms with van der Waals surface area (Å²) in [6.07, 6.45) is 5.03. The van der Waals surface area contributed by atoms with Gasteiger partial charge in [-0.3, -0.25) is 20.7 Å². The van der Waals surface area contributed by atoms with Gasteiger partial charge < -0.3 is 14.4 Å². The monoisotopic (exact) mass is 553 g/mol. The van der Waals surface area contributed by atoms with Gasteiger partial charge in [-0.1, -0.05) is 23.2 Å². The van der Waals surface area contributed by atoms with Crippen molar-refractivity contribution in [2.75, 3.05) is 31.6 Å². The van der Waals surface area contributed by atoms with Gasteiger partial charge in [-0.25, -0.2) is 9.78 Å². The van der Waals surface area contributed by atoms with Crippen LogP contribution in [0.3, 0.4) is 0 Å². The smallest absolute Gasteiger partial charge is 0.416 e. The summed E-state index contributed by atoms with van der Waals surface area (Å²) in [6.45, 7) is 2.31. The van der Waals surface area contributed by atoms with Crippen molar-refractivity contribution in [3.63, 3.8) is 0 Å². The number of nitrogens with zero attached hydrogens (tertiary/aromatic N) is 5. The number of ether oxygens (including phenoxy) is 2. The summed E-state index contributed by atoms with van der Waals surface area (Å²) in [7, 11) is 2.08. The van der Waals surface area contributed by atoms with E-state index in [0.29, 0.717) is 39.4 Å². The minimum Gasteiger partial charge on any atom is -0.471 e. The Morgan fingerprint density at radius 2 is 1.89 bits per heavy atom. The summed E-state index contributed by atoms with van der Waals surface area (Å²) in [4.78, 5) is 25.1. The molecule has 10 nitrogen and oxygen atoms in total. The number of aromatic nitrogens is 4. The normalized spacial score (nSPS) is 18.2. The minimum absolute atomic E-state index is 0.324. The zero-order valence-corrected chi connectivity index (χ0v) is 22.0. The van der Waals surface area contributed by atoms with Gasteiger partial charge in [0.15, 0.2) is 6.23 Å². The lowest BCUT2D eigenvalue weighted by Crippen LogP contribution is -2.45. The Bertz CT molecular complexity index is 1480. The van der Waals surface area contributed by atoms with E-state index < -0.39 is 11.8 Å². The van der Waals surface area contributed by atoms with Crippen LogP contribution in [-0.4, -0.2) is 63.4 Å². The summed E-state index contributed by atoms with van der Waals surface area (Å²) in [5.74, 6) is 1.07. The van der Waals surface area contributed by atoms with Gasteiger partial charge in [0.2, 0.25) is 0 Å². The van der Waals surface area contributed by atoms with E-state index in [0.717, 1.165) is 42.4 Å². The van der Waals surface area contributed by atoms with Gasteiger partial charge in [-0.2, -0.15) is 5.10 Å². The van der Waals surface area contributed by atoms with Crippen LogP contribution in [0.15, 0.2) is 48.9 Å². The lowest BCUT2D eigenvalue weighted by atomic mass is 9.91. The third kappa shape index (κ3) is 4.54. The maximum Gasteiger partial charge on any atom is 0.416 e. The van der Waals surface area contributed by atoms with Crippen LogP contribution in [-0.2, 0) is 4.74 Å². The number of nitrogens with one attached hydrogen (secondary N) is 1. The highest BCUT2D eigenvalue weighted by atomic mass is 35.5. The molecule has 1 atom stereocenters. The Morgan fingerprint density at radius 1 is 1.13 bits per heavy atom. The lowest BCUT2D eigenvalue weighted by Gasteiger charge is -2.35. The fourth-order valence-electron chi connectivity index (χ4n) is 4.96. The molecule has 2 aliphatic heterocycles. The summed E-state index contributed by atoms with van der Waals surface area (Å²) in [6, 6.07) is 9.18. The first-order chi connectivity index (χ1) is 18.3. The molecule has 2 saturated heterocycles. The number of piperidine rings is 1. The summed E-state index contributed by atoms with van der Waals surface area (Å²) < 4.78 is 11.8. The number of rotatable bonds is 5. The number of benzene rings is 1. The molecular formula is C26H25Cl2N7O3. The zero-order valence-electron chi connectivity index (χ0n) is 20.5. The molecule has 0 radical (unpaired) electrons. The number of pyridine rings is 2. The molecule has 2 aliphatic rings. The van der Waals surface area contributed by atoms with Gasteiger partial charge in [-0.05, 0) is 37.4 Å². The zero-order chi connectivity index (χ0) is 26.4. The highest BCUT2D eigenvalue weighted by Gasteiger charge is 2.47. The number of anilines is 1. The van der Waals surface area contributed by atoms with Crippen LogP contribution in [0.2, 0.25) is 10.0 Å². The number of carbonyl (C=O) groups excluding carboxylic acids is 1. The van der Waals surface area contributed by atoms with Gasteiger partial charge in [0, 0.05) is 61.0 Å². The van der Waals surface area contributed by atoms with Crippen LogP contribution in [0, 0.1) is 0 Å². The number of amides is 1. The molecule has 196 valence electrons. The van der Waals surface area contributed by atoms with E-state index in [4.69, 9.17) is 38.4 Å². The Morgan fingerprint density at radius 3 is 2.61 bits per heavy atom. The predicted molar refractivity (Wildman–Crippen MR) is 144 cm³/mol. The van der Waals surface area contributed by atoms with E-state index in [2.05, 4.69) is 32.1 Å². The average molecular weight is 554 g/mol. The van der Waals surface area contributed by atoms with Crippen molar-refractivity contribution in [3.8, 4) is 17.0 Å². The van der Waals surface area contributed by atoms with Crippen LogP contribution in [0.1, 0.15) is 24.6 Å². The molecule has 3 N–H and O–H groups in total. The number of aromatic amines is 1. The SMILES string of the molecule is CN1CCC2(CC1)CN(c1ccc(-c3n[nH]c4ccc(O[C@H](N)c5c(Cl)cncc5Cl)cc34)cn1)C(=O)O2. The van der Waals surface area contributed by atoms with E-state index in [1.165, 1.54) is 12.4 Å². The summed E-state index contributed by atoms with van der Waals surface area (Å²) in [5.41, 5.74) is 8.55. The van der Waals surface area contributed by atoms with Crippen LogP contribution in [0.25, 0.3) is 22.2 Å². The molecule has 0 bridgehead atoms. The quantitative estimate of drug-likeness (QED) is 0.338. The largest absolute Gasteiger partial charge is 0.471 e. The Balaban J connectivity index is 1.23. The molecule has 2 fully saturated rings. The topological polar surface area (TPSA) is 122 Å². The third-order valence-corrected chi connectivity index (χ3v) is 7.74. The summed E-state index contributed by atoms with van der Waals surface area (Å²) in [5, 5.41) is 8.98. The second-order valence-corrected chi connectivity index (χ2v) is 10.5. The van der Waals surface area contributed by atoms with Crippen LogP contribution in [0.4, 0.5) is 10.6 Å². The standard InChI is InChI=1S/C26H25Cl2N7O3/c1-34-8-6-26(7-9-34)14-35(25(36)38-26)21-5-2-15(11-31-21)23-17-10-16(3-4-20(17)32-33-23)37-24(29)22-18(27)12-30-13-19(22)28/h2-5,10-13,24H,6-9,14,29H2,1H3,(H,32,33)/t24-/m0/s1. The van der Waals surface area contributed by atoms with Crippen molar-refractivity contribution in [2.24, 2.45) is 5.73 Å². The number of hydrogen-bond donors (Lipinski definition) is 2. The molecule has 5 heterocycles. The number of H-pyrrole nitrogens is 1. The second kappa shape index (κ2) is 9.70. The van der Waals surface area contributed by atoms with Crippen LogP contribution in [0.5, 0.6) is 5.75 Å². The molecule has 4 aromatic rings. The van der Waals surface area contributed by atoms with Gasteiger partial charge in [-0.15, -0.1) is 0 Å². The number of hydrogen-bond acceptors (Lipinski definition) is 8. The van der Waals surface area contributed by atoms with Crippen LogP contribution < -0.4 is 15.4 Å². The first kappa shape index (κ1) is 24.9. The van der Waals surface area contributed by atoms with Gasteiger partial charge in [0.25, 0.3) is 0 Å². The molecule has 3 aromatic heterocycles. The number of fused-ring (bicyclic) bond motifs is 1. The van der Waals surface area contributed by atoms with E-state index in [-0.39, 0.29) is 6.09 Å². The Kier molecular flexibility index (Phi) is 6.35. The van der Waals surface area contributed by atoms with Crippen molar-refractivity contribution in [2.45, 2.75) is 24.7 Å². The Labute approximate surface area is 228 Å². The van der Waals surface area contributed by atoms with Crippen molar-refractivity contribution < 1.29 is 14.3 Å². The molecular weight excluding hydrogens is 529 g/mol. The molecule has 0 aliphatic carbocycles. The molecule has 12 heteroatoms. The first-order valence-corrected chi connectivity index (χ1v) is 12.9. The summed E-state index contributed by atoms with van der Waals surface area (Å²) >= 11 is 12.5. The molecule has 0 unspecified atom stereocenters. The van der Waals surface area contributed by atoms with Crippen molar-refractivity contribution >= 4 is 46.0 Å². The number of halogens is 2. The predicted octanol–water partition coefficient (Wildman–Crippen LogP) is 4.78. The van der Waals surface area contributed by atoms with Crippen molar-refractivity contribution in [3.05, 3.63) is 64.5 Å². The minimum atomic E-state index is -0.889. The number of nitrogens with two attached hydrogens (primary N) is 1. The van der Waals surface area contributed by atoms with E-state index in [1.54, 1.807) is 17.2 Å². The highest BCUT2D eigenvalue weighted by molar-refractivity contribution is 6.35. The molecule has 6 rings (SSSR count). The van der Waals surface area contributed by atoms with Crippen molar-refractivity contribution in [1.29, 1.82) is 0 Å². The molecule has 38 heavy (non-hydrogen) atoms. The van der Waals surface area contributed by atoms with E-state index in [1.807, 2.05) is 24.3 Å². The molecule has 1 spiro atoms. The van der Waals surface area contributed by atoms with Gasteiger partial charge in [0.1, 0.15) is 22.9 Å². The van der Waals surface area contributed by atoms with Gasteiger partial charge in [0.05, 0.1) is 22.1 Å². The molecule has 1 aromatic carbocycles. The van der Waals surface area contributed by atoms with E-state index >= 15 is 0 Å². The fourth-order valence-corrected chi connectivity index (χ4v) is 5.54. The van der Waals surface area contributed by atoms with Crippen LogP contribution >= 0.6 is 23.2 Å². The Hall–Kier alpha value is -3.44. The lowest BCUT2D eigenvalue weighted by molar-refractivity contribution is 0.00678. The first-order valence-electron chi connectivity index (χ1n) is 12.2. The maximum absolute atomic E-state index is 12.7. The number of carbonyl (C=O) groups is 1. The molecule has 1 amide bonds. The fraction of sp³-hybridized carbons (Fsp3) is 0.308. The van der Waals surface area contributed by atoms with Crippen molar-refractivity contribution in [1.82, 2.24) is 25.1 Å². The maximum atomic E-state index is 12.7. The number of likely N-dealkylation sites (tertiary alicyclic amines) is 1. The van der Waals surface area contributed by atoms with E-state index in [9.17, 15) is 4.79 Å². The molecule has 0 saturated carbocycles. The highest BCUT2D eigenvalue weighted by Crippen LogP contribution is 2.36. The average Bonchev–Trinajstić information content (AvgIpc) is 3.46. The van der Waals surface area contributed by atoms with Gasteiger partial charge >= 0.3 is 6.09 Å². The second-order valence-electron chi connectivity index (χ2n) is 9.68. The third-order valence-electron chi connectivity index (χ3n) is 7.14.